The first-order valence-electron chi connectivity index (χ1n) is 22.5. The topological polar surface area (TPSA) is 33.5 Å². The number of fused-ring (bicyclic) bond motifs is 4. The molecule has 0 unspecified atom stereocenters. The summed E-state index contributed by atoms with van der Waals surface area (Å²) in [5, 5.41) is 2.33. The SMILES string of the molecule is CC(C)(c1ccccc1)c1cc(N2CN(c3cc(Oc4ccc5c6ccccc6n(-c6ccccn6)c5c4)cc(-c4ccccc4)c3)c3ccccc32)cc(C(C)(C)c2ccccc2)c1. The fraction of sp³-hybridized carbons (Fsp3) is 0.117. The minimum absolute atomic E-state index is 0.247. The predicted octanol–water partition coefficient (Wildman–Crippen LogP) is 15.5. The van der Waals surface area contributed by atoms with Crippen LogP contribution in [0.1, 0.15) is 49.9 Å². The second kappa shape index (κ2) is 16.0. The third-order valence-corrected chi connectivity index (χ3v) is 13.5. The number of rotatable bonds is 10. The van der Waals surface area contributed by atoms with Gasteiger partial charge >= 0.3 is 0 Å². The van der Waals surface area contributed by atoms with Crippen molar-refractivity contribution in [1.82, 2.24) is 9.55 Å². The van der Waals surface area contributed by atoms with Gasteiger partial charge in [0.15, 0.2) is 0 Å². The number of benzene rings is 8. The highest BCUT2D eigenvalue weighted by molar-refractivity contribution is 6.09. The van der Waals surface area contributed by atoms with Crippen LogP contribution < -0.4 is 14.5 Å². The first-order valence-corrected chi connectivity index (χ1v) is 22.5. The van der Waals surface area contributed by atoms with E-state index in [1.54, 1.807) is 0 Å². The maximum atomic E-state index is 6.95. The van der Waals surface area contributed by atoms with Gasteiger partial charge in [0.25, 0.3) is 0 Å². The number of nitrogens with zero attached hydrogens (tertiary/aromatic N) is 4. The van der Waals surface area contributed by atoms with Crippen LogP contribution in [0.2, 0.25) is 0 Å². The molecule has 0 fully saturated rings. The lowest BCUT2D eigenvalue weighted by atomic mass is 9.73. The zero-order chi connectivity index (χ0) is 44.1. The van der Waals surface area contributed by atoms with Crippen molar-refractivity contribution in [1.29, 1.82) is 0 Å². The summed E-state index contributed by atoms with van der Waals surface area (Å²) in [5.41, 5.74) is 13.5. The van der Waals surface area contributed by atoms with Crippen molar-refractivity contribution in [2.45, 2.75) is 38.5 Å². The Kier molecular flexibility index (Phi) is 9.84. The highest BCUT2D eigenvalue weighted by Crippen LogP contribution is 2.48. The van der Waals surface area contributed by atoms with Crippen LogP contribution in [-0.2, 0) is 10.8 Å². The number of para-hydroxylation sites is 3. The number of hydrogen-bond donors (Lipinski definition) is 0. The monoisotopic (exact) mass is 842 g/mol. The summed E-state index contributed by atoms with van der Waals surface area (Å²) in [6, 6.07) is 76.0. The summed E-state index contributed by atoms with van der Waals surface area (Å²) < 4.78 is 9.18. The minimum atomic E-state index is -0.247. The number of ether oxygens (including phenoxy) is 1. The molecule has 11 rings (SSSR count). The van der Waals surface area contributed by atoms with E-state index < -0.39 is 0 Å². The smallest absolute Gasteiger partial charge is 0.137 e. The Bertz CT molecular complexity index is 3250. The van der Waals surface area contributed by atoms with Gasteiger partial charge in [-0.3, -0.25) is 4.57 Å². The average molecular weight is 843 g/mol. The van der Waals surface area contributed by atoms with Gasteiger partial charge in [-0.05, 0) is 100 Å². The molecule has 10 aromatic rings. The fourth-order valence-electron chi connectivity index (χ4n) is 9.67. The Hall–Kier alpha value is -7.89. The molecular weight excluding hydrogens is 793 g/mol. The van der Waals surface area contributed by atoms with Crippen molar-refractivity contribution in [3.63, 3.8) is 0 Å². The minimum Gasteiger partial charge on any atom is -0.457 e. The molecule has 0 saturated carbocycles. The molecule has 0 atom stereocenters. The van der Waals surface area contributed by atoms with E-state index in [1.807, 2.05) is 18.3 Å². The number of anilines is 4. The molecule has 316 valence electrons. The highest BCUT2D eigenvalue weighted by atomic mass is 16.5. The maximum Gasteiger partial charge on any atom is 0.137 e. The van der Waals surface area contributed by atoms with Crippen LogP contribution in [0.5, 0.6) is 11.5 Å². The molecule has 1 aliphatic rings. The third kappa shape index (κ3) is 7.19. The van der Waals surface area contributed by atoms with E-state index in [-0.39, 0.29) is 10.8 Å². The summed E-state index contributed by atoms with van der Waals surface area (Å²) in [6.07, 6.45) is 1.84. The summed E-state index contributed by atoms with van der Waals surface area (Å²) in [5.74, 6) is 2.38. The van der Waals surface area contributed by atoms with Crippen LogP contribution in [0.4, 0.5) is 22.7 Å². The van der Waals surface area contributed by atoms with Crippen LogP contribution >= 0.6 is 0 Å². The van der Waals surface area contributed by atoms with Crippen LogP contribution in [0.25, 0.3) is 38.8 Å². The molecule has 65 heavy (non-hydrogen) atoms. The van der Waals surface area contributed by atoms with E-state index in [1.165, 1.54) is 27.6 Å². The molecule has 0 N–H and O–H groups in total. The molecule has 5 heteroatoms. The molecule has 0 radical (unpaired) electrons. The zero-order valence-electron chi connectivity index (χ0n) is 37.2. The van der Waals surface area contributed by atoms with Crippen LogP contribution in [0.3, 0.4) is 0 Å². The number of pyridine rings is 1. The Balaban J connectivity index is 1.02. The molecule has 0 bridgehead atoms. The lowest BCUT2D eigenvalue weighted by Crippen LogP contribution is -2.27. The van der Waals surface area contributed by atoms with E-state index in [9.17, 15) is 0 Å². The van der Waals surface area contributed by atoms with Gasteiger partial charge in [0.2, 0.25) is 0 Å². The molecule has 0 saturated heterocycles. The molecule has 0 spiro atoms. The second-order valence-electron chi connectivity index (χ2n) is 18.1. The Morgan fingerprint density at radius 2 is 0.969 bits per heavy atom. The Labute approximate surface area is 381 Å². The van der Waals surface area contributed by atoms with E-state index in [0.717, 1.165) is 67.6 Å². The van der Waals surface area contributed by atoms with Gasteiger partial charge in [-0.2, -0.15) is 0 Å². The molecule has 8 aromatic carbocycles. The zero-order valence-corrected chi connectivity index (χ0v) is 37.2. The predicted molar refractivity (Wildman–Crippen MR) is 270 cm³/mol. The molecule has 1 aliphatic heterocycles. The van der Waals surface area contributed by atoms with E-state index >= 15 is 0 Å². The van der Waals surface area contributed by atoms with Crippen molar-refractivity contribution < 1.29 is 4.74 Å². The van der Waals surface area contributed by atoms with E-state index in [0.29, 0.717) is 6.67 Å². The van der Waals surface area contributed by atoms with E-state index in [2.05, 4.69) is 242 Å². The van der Waals surface area contributed by atoms with Gasteiger partial charge in [0.05, 0.1) is 22.4 Å². The van der Waals surface area contributed by atoms with Gasteiger partial charge in [-0.1, -0.05) is 161 Å². The summed E-state index contributed by atoms with van der Waals surface area (Å²) >= 11 is 0. The largest absolute Gasteiger partial charge is 0.457 e. The van der Waals surface area contributed by atoms with Gasteiger partial charge in [-0.25, -0.2) is 4.98 Å². The lowest BCUT2D eigenvalue weighted by molar-refractivity contribution is 0.483. The lowest BCUT2D eigenvalue weighted by Gasteiger charge is -2.33. The molecular formula is C60H50N4O. The maximum absolute atomic E-state index is 6.95. The fourth-order valence-corrected chi connectivity index (χ4v) is 9.67. The van der Waals surface area contributed by atoms with Crippen molar-refractivity contribution >= 4 is 44.6 Å². The van der Waals surface area contributed by atoms with Gasteiger partial charge < -0.3 is 14.5 Å². The van der Waals surface area contributed by atoms with Crippen molar-refractivity contribution in [2.75, 3.05) is 16.5 Å². The molecule has 0 amide bonds. The first kappa shape index (κ1) is 39.9. The van der Waals surface area contributed by atoms with Crippen molar-refractivity contribution in [3.05, 3.63) is 241 Å². The first-order chi connectivity index (χ1) is 31.7. The number of hydrogen-bond acceptors (Lipinski definition) is 4. The quantitative estimate of drug-likeness (QED) is 0.137. The summed E-state index contributed by atoms with van der Waals surface area (Å²) in [6.45, 7) is 10.00. The molecule has 0 aliphatic carbocycles. The highest BCUT2D eigenvalue weighted by Gasteiger charge is 2.33. The Morgan fingerprint density at radius 3 is 1.60 bits per heavy atom. The standard InChI is InChI=1S/C60H50N4O/c1-59(2,44-22-10-6-11-23-44)46-36-47(60(3,4)45-24-12-7-13-25-45)38-49(37-46)63-41-62(55-28-16-17-29-56(55)63)48-34-43(42-20-8-5-9-21-42)35-51(39-48)65-50-31-32-53-52-26-14-15-27-54(52)64(57(53)40-50)58-30-18-19-33-61-58/h5-40H,41H2,1-4H3. The van der Waals surface area contributed by atoms with Gasteiger partial charge in [0, 0.05) is 51.3 Å². The van der Waals surface area contributed by atoms with Crippen LogP contribution in [0.15, 0.2) is 219 Å². The number of aromatic nitrogens is 2. The van der Waals surface area contributed by atoms with Crippen molar-refractivity contribution in [3.8, 4) is 28.4 Å². The normalized spacial score (nSPS) is 12.8. The van der Waals surface area contributed by atoms with E-state index in [4.69, 9.17) is 9.72 Å². The molecule has 2 aromatic heterocycles. The van der Waals surface area contributed by atoms with Gasteiger partial charge in [0.1, 0.15) is 24.0 Å². The average Bonchev–Trinajstić information content (AvgIpc) is 3.91. The summed E-state index contributed by atoms with van der Waals surface area (Å²) in [7, 11) is 0. The van der Waals surface area contributed by atoms with Crippen LogP contribution in [0, 0.1) is 0 Å². The van der Waals surface area contributed by atoms with Crippen LogP contribution in [-0.4, -0.2) is 16.2 Å². The summed E-state index contributed by atoms with van der Waals surface area (Å²) in [4.78, 5) is 9.66. The molecule has 3 heterocycles. The Morgan fingerprint density at radius 1 is 0.415 bits per heavy atom. The van der Waals surface area contributed by atoms with Crippen molar-refractivity contribution in [2.24, 2.45) is 0 Å². The third-order valence-electron chi connectivity index (χ3n) is 13.5. The molecule has 5 nitrogen and oxygen atoms in total. The van der Waals surface area contributed by atoms with Gasteiger partial charge in [-0.15, -0.1) is 0 Å². The second-order valence-corrected chi connectivity index (χ2v) is 18.1.